The molecule has 0 radical (unpaired) electrons. The maximum absolute atomic E-state index is 12.9. The predicted octanol–water partition coefficient (Wildman–Crippen LogP) is 2.34. The van der Waals surface area contributed by atoms with Gasteiger partial charge in [0.1, 0.15) is 5.82 Å². The highest BCUT2D eigenvalue weighted by Gasteiger charge is 2.45. The molecule has 1 heterocycles. The number of carbonyl (C=O) groups excluding carboxylic acids is 1. The van der Waals surface area contributed by atoms with E-state index in [-0.39, 0.29) is 11.7 Å². The van der Waals surface area contributed by atoms with Gasteiger partial charge in [0.15, 0.2) is 0 Å². The van der Waals surface area contributed by atoms with Crippen molar-refractivity contribution in [1.82, 2.24) is 10.2 Å². The largest absolute Gasteiger partial charge is 0.404 e. The molecule has 0 saturated heterocycles. The highest BCUT2D eigenvalue weighted by Crippen LogP contribution is 2.44. The summed E-state index contributed by atoms with van der Waals surface area (Å²) in [7, 11) is 0. The summed E-state index contributed by atoms with van der Waals surface area (Å²) in [5.74, 6) is 0.187. The molecule has 0 aliphatic heterocycles. The highest BCUT2D eigenvalue weighted by molar-refractivity contribution is 6.10. The van der Waals surface area contributed by atoms with Gasteiger partial charge >= 0.3 is 0 Å². The standard InChI is InChI=1S/C20H22N6O/c1-14(22)23-12-16(11-21)15-3-5-17(6-4-15)20(8-2-9-20)19(27)26-18-7-10-24-25-13-18/h3-7,10-13H,1-2,8-9,21-22H2,(H,24,26,27)/b16-11+,23-12?. The van der Waals surface area contributed by atoms with Crippen molar-refractivity contribution < 1.29 is 4.79 Å². The highest BCUT2D eigenvalue weighted by atomic mass is 16.2. The zero-order valence-corrected chi connectivity index (χ0v) is 14.9. The first kappa shape index (κ1) is 18.3. The third kappa shape index (κ3) is 3.87. The topological polar surface area (TPSA) is 119 Å². The van der Waals surface area contributed by atoms with Gasteiger partial charge in [0.2, 0.25) is 5.91 Å². The van der Waals surface area contributed by atoms with Crippen LogP contribution in [-0.2, 0) is 10.2 Å². The molecule has 0 bridgehead atoms. The number of carbonyl (C=O) groups is 1. The molecule has 0 unspecified atom stereocenters. The monoisotopic (exact) mass is 362 g/mol. The fraction of sp³-hybridized carbons (Fsp3) is 0.200. The fourth-order valence-electron chi connectivity index (χ4n) is 3.14. The number of allylic oxidation sites excluding steroid dienone is 1. The molecule has 7 nitrogen and oxygen atoms in total. The van der Waals surface area contributed by atoms with E-state index >= 15 is 0 Å². The Balaban J connectivity index is 1.82. The van der Waals surface area contributed by atoms with Gasteiger partial charge in [-0.1, -0.05) is 37.3 Å². The molecule has 1 amide bonds. The number of benzene rings is 1. The summed E-state index contributed by atoms with van der Waals surface area (Å²) in [6.45, 7) is 3.53. The Hall–Kier alpha value is -3.48. The number of rotatable bonds is 6. The molecule has 5 N–H and O–H groups in total. The Morgan fingerprint density at radius 1 is 1.22 bits per heavy atom. The second-order valence-corrected chi connectivity index (χ2v) is 6.47. The molecule has 1 aromatic heterocycles. The summed E-state index contributed by atoms with van der Waals surface area (Å²) in [6.07, 6.45) is 8.76. The van der Waals surface area contributed by atoms with Crippen LogP contribution in [0, 0.1) is 0 Å². The normalized spacial score (nSPS) is 15.9. The lowest BCUT2D eigenvalue weighted by atomic mass is 9.63. The molecule has 7 heteroatoms. The van der Waals surface area contributed by atoms with Crippen LogP contribution in [-0.4, -0.2) is 22.3 Å². The second kappa shape index (κ2) is 7.82. The van der Waals surface area contributed by atoms with Gasteiger partial charge in [-0.2, -0.15) is 10.2 Å². The maximum Gasteiger partial charge on any atom is 0.235 e. The summed E-state index contributed by atoms with van der Waals surface area (Å²) in [4.78, 5) is 16.9. The molecule has 0 atom stereocenters. The molecule has 1 saturated carbocycles. The van der Waals surface area contributed by atoms with Crippen LogP contribution in [0.1, 0.15) is 30.4 Å². The van der Waals surface area contributed by atoms with Crippen LogP contribution >= 0.6 is 0 Å². The number of aliphatic imine (C=N–C) groups is 1. The number of hydrogen-bond acceptors (Lipinski definition) is 6. The summed E-state index contributed by atoms with van der Waals surface area (Å²) in [6, 6.07) is 9.52. The van der Waals surface area contributed by atoms with Crippen LogP contribution in [0.2, 0.25) is 0 Å². The minimum atomic E-state index is -0.520. The zero-order chi connectivity index (χ0) is 19.3. The van der Waals surface area contributed by atoms with E-state index in [1.54, 1.807) is 18.5 Å². The summed E-state index contributed by atoms with van der Waals surface area (Å²) < 4.78 is 0. The molecule has 27 heavy (non-hydrogen) atoms. The number of amides is 1. The average molecular weight is 362 g/mol. The first-order chi connectivity index (χ1) is 13.0. The number of nitrogens with zero attached hydrogens (tertiary/aromatic N) is 3. The Bertz CT molecular complexity index is 882. The van der Waals surface area contributed by atoms with E-state index in [1.807, 2.05) is 24.3 Å². The van der Waals surface area contributed by atoms with E-state index in [1.165, 1.54) is 12.4 Å². The second-order valence-electron chi connectivity index (χ2n) is 6.47. The van der Waals surface area contributed by atoms with Crippen LogP contribution in [0.25, 0.3) is 5.57 Å². The van der Waals surface area contributed by atoms with E-state index in [2.05, 4.69) is 27.1 Å². The van der Waals surface area contributed by atoms with Crippen molar-refractivity contribution in [2.75, 3.05) is 5.32 Å². The van der Waals surface area contributed by atoms with Crippen molar-refractivity contribution in [3.63, 3.8) is 0 Å². The van der Waals surface area contributed by atoms with Gasteiger partial charge in [0.05, 0.1) is 23.5 Å². The lowest BCUT2D eigenvalue weighted by Gasteiger charge is -2.40. The Morgan fingerprint density at radius 3 is 2.48 bits per heavy atom. The molecule has 2 aromatic rings. The van der Waals surface area contributed by atoms with Crippen molar-refractivity contribution in [3.8, 4) is 0 Å². The molecule has 0 spiro atoms. The number of nitrogens with two attached hydrogens (primary N) is 2. The number of hydrogen-bond donors (Lipinski definition) is 3. The Morgan fingerprint density at radius 2 is 1.96 bits per heavy atom. The summed E-state index contributed by atoms with van der Waals surface area (Å²) in [5, 5.41) is 10.5. The Kier molecular flexibility index (Phi) is 5.30. The average Bonchev–Trinajstić information content (AvgIpc) is 2.63. The first-order valence-electron chi connectivity index (χ1n) is 8.64. The number of nitrogens with one attached hydrogen (secondary N) is 1. The number of aromatic nitrogens is 2. The van der Waals surface area contributed by atoms with Gasteiger partial charge in [-0.25, -0.2) is 4.99 Å². The molecular formula is C20H22N6O. The van der Waals surface area contributed by atoms with Gasteiger partial charge in [-0.15, -0.1) is 0 Å². The lowest BCUT2D eigenvalue weighted by Crippen LogP contribution is -2.46. The maximum atomic E-state index is 12.9. The molecule has 1 aliphatic carbocycles. The van der Waals surface area contributed by atoms with Gasteiger partial charge < -0.3 is 16.8 Å². The molecule has 3 rings (SSSR count). The van der Waals surface area contributed by atoms with Crippen LogP contribution in [0.4, 0.5) is 5.69 Å². The quantitative estimate of drug-likeness (QED) is 0.681. The van der Waals surface area contributed by atoms with Crippen molar-refractivity contribution in [2.45, 2.75) is 24.7 Å². The van der Waals surface area contributed by atoms with E-state index in [9.17, 15) is 4.79 Å². The van der Waals surface area contributed by atoms with Crippen molar-refractivity contribution in [2.24, 2.45) is 16.5 Å². The zero-order valence-electron chi connectivity index (χ0n) is 14.9. The van der Waals surface area contributed by atoms with Crippen molar-refractivity contribution >= 4 is 23.4 Å². The smallest absolute Gasteiger partial charge is 0.235 e. The van der Waals surface area contributed by atoms with Gasteiger partial charge in [-0.05, 0) is 30.0 Å². The minimum Gasteiger partial charge on any atom is -0.404 e. The fourth-order valence-corrected chi connectivity index (χ4v) is 3.14. The van der Waals surface area contributed by atoms with Gasteiger partial charge in [0, 0.05) is 18.0 Å². The third-order valence-corrected chi connectivity index (χ3v) is 4.80. The lowest BCUT2D eigenvalue weighted by molar-refractivity contribution is -0.124. The van der Waals surface area contributed by atoms with E-state index in [0.29, 0.717) is 5.69 Å². The van der Waals surface area contributed by atoms with Crippen LogP contribution < -0.4 is 16.8 Å². The minimum absolute atomic E-state index is 0.0231. The van der Waals surface area contributed by atoms with Gasteiger partial charge in [-0.3, -0.25) is 4.79 Å². The molecule has 138 valence electrons. The summed E-state index contributed by atoms with van der Waals surface area (Å²) >= 11 is 0. The van der Waals surface area contributed by atoms with Crippen LogP contribution in [0.15, 0.2) is 66.3 Å². The first-order valence-corrected chi connectivity index (χ1v) is 8.64. The molecule has 1 fully saturated rings. The summed E-state index contributed by atoms with van der Waals surface area (Å²) in [5.41, 5.74) is 13.9. The molecule has 1 aromatic carbocycles. The van der Waals surface area contributed by atoms with Gasteiger partial charge in [0.25, 0.3) is 0 Å². The van der Waals surface area contributed by atoms with E-state index in [4.69, 9.17) is 11.5 Å². The third-order valence-electron chi connectivity index (χ3n) is 4.80. The number of anilines is 1. The van der Waals surface area contributed by atoms with E-state index in [0.717, 1.165) is 36.0 Å². The predicted molar refractivity (Wildman–Crippen MR) is 107 cm³/mol. The van der Waals surface area contributed by atoms with E-state index < -0.39 is 5.41 Å². The molecule has 1 aliphatic rings. The van der Waals surface area contributed by atoms with Crippen molar-refractivity contribution in [1.29, 1.82) is 0 Å². The Labute approximate surface area is 157 Å². The van der Waals surface area contributed by atoms with Crippen LogP contribution in [0.3, 0.4) is 0 Å². The molecular weight excluding hydrogens is 340 g/mol. The SMILES string of the molecule is C=C(N)N=C/C(=C\N)c1ccc(C2(C(=O)Nc3ccnnc3)CCC2)cc1. The van der Waals surface area contributed by atoms with Crippen molar-refractivity contribution in [3.05, 3.63) is 72.5 Å². The van der Waals surface area contributed by atoms with Crippen LogP contribution in [0.5, 0.6) is 0 Å².